The number of aryl methyl sites for hydroxylation is 1. The van der Waals surface area contributed by atoms with E-state index in [-0.39, 0.29) is 17.3 Å². The summed E-state index contributed by atoms with van der Waals surface area (Å²) in [6.07, 6.45) is 44.0. The van der Waals surface area contributed by atoms with E-state index in [1.165, 1.54) is 59.5 Å². The number of hydrogen-bond acceptors (Lipinski definition) is 3. The highest BCUT2D eigenvalue weighted by Crippen LogP contribution is 2.57. The molecule has 0 bridgehead atoms. The molecule has 232 valence electrons. The van der Waals surface area contributed by atoms with Gasteiger partial charge in [-0.3, -0.25) is 0 Å². The highest BCUT2D eigenvalue weighted by atomic mass is 32.2. The molecular formula is C44H39NS2. The first-order valence-electron chi connectivity index (χ1n) is 17.3. The summed E-state index contributed by atoms with van der Waals surface area (Å²) in [7, 11) is 0. The van der Waals surface area contributed by atoms with Gasteiger partial charge in [0, 0.05) is 37.3 Å². The van der Waals surface area contributed by atoms with Crippen LogP contribution in [-0.4, -0.2) is 10.5 Å². The monoisotopic (exact) mass is 645 g/mol. The van der Waals surface area contributed by atoms with Gasteiger partial charge in [0.05, 0.1) is 12.0 Å². The van der Waals surface area contributed by atoms with Gasteiger partial charge in [-0.25, -0.2) is 0 Å². The zero-order chi connectivity index (χ0) is 31.5. The average molecular weight is 646 g/mol. The van der Waals surface area contributed by atoms with Crippen LogP contribution in [0.15, 0.2) is 137 Å². The zero-order valence-corrected chi connectivity index (χ0v) is 28.5. The Labute approximate surface area is 287 Å². The first-order valence-corrected chi connectivity index (χ1v) is 19.1. The molecule has 0 spiro atoms. The normalized spacial score (nSPS) is 32.0. The Morgan fingerprint density at radius 2 is 1.85 bits per heavy atom. The Kier molecular flexibility index (Phi) is 7.29. The van der Waals surface area contributed by atoms with Gasteiger partial charge in [-0.2, -0.15) is 5.26 Å². The third kappa shape index (κ3) is 4.95. The standard InChI is InChI=1S/C44H39NS2/c1-44-21-20-30(26-42(44)47-40-17-8-6-15-38(40)44)33-22-32(29-18-19-37-36-13-5-7-16-39(36)46-41(37)25-29)23-34(24-33)43-31(27-45)12-9-14-35(43)28-10-3-2-4-11-28/h3,5-6,8-11,13-15,17-23,25-26,31,33,38,40,42H,2,4,7,12,16,24H2,1H3. The van der Waals surface area contributed by atoms with E-state index >= 15 is 0 Å². The first kappa shape index (κ1) is 29.3. The van der Waals surface area contributed by atoms with E-state index in [0.717, 1.165) is 38.5 Å². The van der Waals surface area contributed by atoms with Crippen LogP contribution in [0.4, 0.5) is 0 Å². The summed E-state index contributed by atoms with van der Waals surface area (Å²) < 4.78 is 1.38. The second-order valence-electron chi connectivity index (χ2n) is 14.2. The van der Waals surface area contributed by atoms with Crippen molar-refractivity contribution in [2.75, 3.05) is 0 Å². The maximum absolute atomic E-state index is 10.5. The third-order valence-electron chi connectivity index (χ3n) is 11.3. The number of allylic oxidation sites excluding steroid dienone is 19. The lowest BCUT2D eigenvalue weighted by atomic mass is 9.67. The van der Waals surface area contributed by atoms with Gasteiger partial charge in [0.15, 0.2) is 0 Å². The van der Waals surface area contributed by atoms with Crippen molar-refractivity contribution in [2.45, 2.75) is 55.9 Å². The molecule has 3 heteroatoms. The van der Waals surface area contributed by atoms with Crippen LogP contribution in [0.2, 0.25) is 0 Å². The topological polar surface area (TPSA) is 23.8 Å². The van der Waals surface area contributed by atoms with E-state index in [4.69, 9.17) is 0 Å². The highest BCUT2D eigenvalue weighted by Gasteiger charge is 2.50. The number of nitrogens with zero attached hydrogens (tertiary/aromatic N) is 1. The highest BCUT2D eigenvalue weighted by molar-refractivity contribution is 8.01. The SMILES string of the molecule is CC12C=CC(C3C=C(c4ccc5c6c(sc5c4)CCC=C6)C=C(C4=C(C5=CCCC=C5)C=CCC4C#N)C3)=CC1SC1C=CC=CC12. The maximum Gasteiger partial charge on any atom is 0.0755 e. The molecule has 1 nitrogen and oxygen atoms in total. The van der Waals surface area contributed by atoms with Crippen molar-refractivity contribution in [2.24, 2.45) is 23.2 Å². The van der Waals surface area contributed by atoms with Crippen molar-refractivity contribution in [1.29, 1.82) is 5.26 Å². The molecule has 0 N–H and O–H groups in total. The van der Waals surface area contributed by atoms with Crippen LogP contribution in [-0.2, 0) is 6.42 Å². The molecule has 6 unspecified atom stereocenters. The fourth-order valence-corrected chi connectivity index (χ4v) is 11.9. The van der Waals surface area contributed by atoms with Crippen molar-refractivity contribution in [1.82, 2.24) is 0 Å². The molecule has 9 rings (SSSR count). The van der Waals surface area contributed by atoms with E-state index in [0.29, 0.717) is 16.4 Å². The van der Waals surface area contributed by atoms with Crippen molar-refractivity contribution >= 4 is 44.8 Å². The predicted octanol–water partition coefficient (Wildman–Crippen LogP) is 11.6. The summed E-state index contributed by atoms with van der Waals surface area (Å²) in [5.74, 6) is 0.657. The van der Waals surface area contributed by atoms with E-state index in [1.54, 1.807) is 0 Å². The molecule has 1 aliphatic heterocycles. The minimum absolute atomic E-state index is 0.132. The predicted molar refractivity (Wildman–Crippen MR) is 202 cm³/mol. The van der Waals surface area contributed by atoms with Crippen molar-refractivity contribution in [3.63, 3.8) is 0 Å². The first-order chi connectivity index (χ1) is 23.1. The number of rotatable bonds is 4. The molecule has 0 saturated carbocycles. The number of nitriles is 1. The summed E-state index contributed by atoms with van der Waals surface area (Å²) in [5, 5.41) is 12.9. The van der Waals surface area contributed by atoms with Crippen LogP contribution < -0.4 is 0 Å². The fraction of sp³-hybridized carbons (Fsp3) is 0.295. The second kappa shape index (κ2) is 11.7. The molecule has 1 aromatic carbocycles. The van der Waals surface area contributed by atoms with E-state index in [2.05, 4.69) is 140 Å². The van der Waals surface area contributed by atoms with E-state index in [1.807, 2.05) is 11.3 Å². The van der Waals surface area contributed by atoms with Crippen molar-refractivity contribution < 1.29 is 0 Å². The summed E-state index contributed by atoms with van der Waals surface area (Å²) in [6.45, 7) is 2.45. The van der Waals surface area contributed by atoms with Crippen LogP contribution in [0.3, 0.4) is 0 Å². The molecule has 0 amide bonds. The smallest absolute Gasteiger partial charge is 0.0755 e. The molecule has 6 aliphatic carbocycles. The Bertz CT molecular complexity index is 2070. The van der Waals surface area contributed by atoms with E-state index in [9.17, 15) is 5.26 Å². The lowest BCUT2D eigenvalue weighted by Crippen LogP contribution is -2.32. The van der Waals surface area contributed by atoms with Gasteiger partial charge in [-0.05, 0) is 94.5 Å². The molecule has 7 aliphatic rings. The summed E-state index contributed by atoms with van der Waals surface area (Å²) in [5.41, 5.74) is 10.6. The van der Waals surface area contributed by atoms with Gasteiger partial charge in [0.25, 0.3) is 0 Å². The number of hydrogen-bond donors (Lipinski definition) is 0. The molecule has 2 heterocycles. The maximum atomic E-state index is 10.5. The van der Waals surface area contributed by atoms with Crippen LogP contribution >= 0.6 is 23.1 Å². The van der Waals surface area contributed by atoms with Crippen LogP contribution in [0, 0.1) is 34.5 Å². The van der Waals surface area contributed by atoms with Crippen molar-refractivity contribution in [3.8, 4) is 6.07 Å². The van der Waals surface area contributed by atoms with Gasteiger partial charge >= 0.3 is 0 Å². The van der Waals surface area contributed by atoms with Crippen molar-refractivity contribution in [3.05, 3.63) is 153 Å². The molecule has 1 aromatic heterocycles. The van der Waals surface area contributed by atoms with Crippen LogP contribution in [0.5, 0.6) is 0 Å². The van der Waals surface area contributed by atoms with Gasteiger partial charge in [-0.1, -0.05) is 116 Å². The number of fused-ring (bicyclic) bond motifs is 6. The molecule has 2 aromatic rings. The molecule has 6 atom stereocenters. The summed E-state index contributed by atoms with van der Waals surface area (Å²) >= 11 is 4.09. The minimum Gasteiger partial charge on any atom is -0.198 e. The third-order valence-corrected chi connectivity index (χ3v) is 14.3. The van der Waals surface area contributed by atoms with Crippen LogP contribution in [0.1, 0.15) is 55.0 Å². The Morgan fingerprint density at radius 3 is 2.74 bits per heavy atom. The second-order valence-corrected chi connectivity index (χ2v) is 16.6. The van der Waals surface area contributed by atoms with Gasteiger partial charge in [-0.15, -0.1) is 23.1 Å². The quantitative estimate of drug-likeness (QED) is 0.330. The Morgan fingerprint density at radius 1 is 0.936 bits per heavy atom. The minimum atomic E-state index is -0.137. The van der Waals surface area contributed by atoms with Gasteiger partial charge in [0.1, 0.15) is 0 Å². The molecule has 0 radical (unpaired) electrons. The molecule has 1 fully saturated rings. The Hall–Kier alpha value is -3.84. The number of thiophene rings is 1. The summed E-state index contributed by atoms with van der Waals surface area (Å²) in [6, 6.07) is 9.83. The Balaban J connectivity index is 1.17. The molecule has 47 heavy (non-hydrogen) atoms. The lowest BCUT2D eigenvalue weighted by Gasteiger charge is -2.36. The largest absolute Gasteiger partial charge is 0.198 e. The average Bonchev–Trinajstić information content (AvgIpc) is 3.65. The number of benzene rings is 1. The van der Waals surface area contributed by atoms with E-state index < -0.39 is 0 Å². The van der Waals surface area contributed by atoms with Gasteiger partial charge in [0.2, 0.25) is 0 Å². The number of thioether (sulfide) groups is 1. The fourth-order valence-electron chi connectivity index (χ4n) is 8.78. The van der Waals surface area contributed by atoms with Crippen LogP contribution in [0.25, 0.3) is 21.7 Å². The molecule has 1 saturated heterocycles. The molecular weight excluding hydrogens is 607 g/mol. The lowest BCUT2D eigenvalue weighted by molar-refractivity contribution is 0.345. The van der Waals surface area contributed by atoms with Gasteiger partial charge < -0.3 is 0 Å². The zero-order valence-electron chi connectivity index (χ0n) is 26.9. The summed E-state index contributed by atoms with van der Waals surface area (Å²) in [4.78, 5) is 1.51.